The van der Waals surface area contributed by atoms with Gasteiger partial charge in [0.1, 0.15) is 5.82 Å². The Morgan fingerprint density at radius 3 is 2.77 bits per heavy atom. The predicted octanol–water partition coefficient (Wildman–Crippen LogP) is 2.91. The Balaban J connectivity index is 2.53. The number of benzene rings is 1. The van der Waals surface area contributed by atoms with Gasteiger partial charge in [0.2, 0.25) is 5.91 Å². The molecule has 1 heterocycles. The third-order valence-corrected chi connectivity index (χ3v) is 4.12. The molecule has 0 saturated heterocycles. The largest absolute Gasteiger partial charge is 0.336 e. The van der Waals surface area contributed by atoms with Gasteiger partial charge < -0.3 is 4.90 Å². The smallest absolute Gasteiger partial charge is 0.261 e. The van der Waals surface area contributed by atoms with E-state index in [2.05, 4.69) is 4.98 Å². The van der Waals surface area contributed by atoms with Crippen LogP contribution in [0, 0.1) is 0 Å². The van der Waals surface area contributed by atoms with Crippen LogP contribution in [0.2, 0.25) is 5.02 Å². The summed E-state index contributed by atoms with van der Waals surface area (Å²) in [6, 6.07) is 4.73. The SMILES string of the molecule is CCCC(=O)N(C)C(C)c1nc2cc(Cl)ccc2c(=O)n1C. The Morgan fingerprint density at radius 1 is 1.45 bits per heavy atom. The molecule has 2 aromatic rings. The first-order chi connectivity index (χ1) is 10.4. The van der Waals surface area contributed by atoms with E-state index < -0.39 is 0 Å². The van der Waals surface area contributed by atoms with Crippen LogP contribution in [0.1, 0.15) is 38.6 Å². The first kappa shape index (κ1) is 16.5. The molecule has 1 amide bonds. The molecule has 6 heteroatoms. The van der Waals surface area contributed by atoms with Gasteiger partial charge in [-0.25, -0.2) is 4.98 Å². The number of halogens is 1. The van der Waals surface area contributed by atoms with Crippen LogP contribution in [0.4, 0.5) is 0 Å². The Bertz CT molecular complexity index is 770. The van der Waals surface area contributed by atoms with Gasteiger partial charge in [-0.3, -0.25) is 14.2 Å². The summed E-state index contributed by atoms with van der Waals surface area (Å²) in [5.74, 6) is 0.585. The van der Waals surface area contributed by atoms with E-state index in [9.17, 15) is 9.59 Å². The lowest BCUT2D eigenvalue weighted by Crippen LogP contribution is -2.34. The van der Waals surface area contributed by atoms with Crippen LogP contribution < -0.4 is 5.56 Å². The number of rotatable bonds is 4. The van der Waals surface area contributed by atoms with Crippen molar-refractivity contribution in [2.45, 2.75) is 32.7 Å². The van der Waals surface area contributed by atoms with Crippen molar-refractivity contribution in [3.63, 3.8) is 0 Å². The highest BCUT2D eigenvalue weighted by molar-refractivity contribution is 6.31. The molecule has 1 unspecified atom stereocenters. The Hall–Kier alpha value is -1.88. The van der Waals surface area contributed by atoms with E-state index in [1.807, 2.05) is 13.8 Å². The quantitative estimate of drug-likeness (QED) is 0.870. The lowest BCUT2D eigenvalue weighted by Gasteiger charge is -2.26. The second-order valence-electron chi connectivity index (χ2n) is 5.43. The topological polar surface area (TPSA) is 55.2 Å². The van der Waals surface area contributed by atoms with Crippen LogP contribution in [-0.4, -0.2) is 27.4 Å². The summed E-state index contributed by atoms with van der Waals surface area (Å²) in [5, 5.41) is 1.05. The highest BCUT2D eigenvalue weighted by Gasteiger charge is 2.21. The summed E-state index contributed by atoms with van der Waals surface area (Å²) in [6.45, 7) is 3.83. The van der Waals surface area contributed by atoms with Crippen LogP contribution in [0.3, 0.4) is 0 Å². The molecule has 2 rings (SSSR count). The van der Waals surface area contributed by atoms with Crippen molar-refractivity contribution < 1.29 is 4.79 Å². The summed E-state index contributed by atoms with van der Waals surface area (Å²) in [4.78, 5) is 30.7. The zero-order chi connectivity index (χ0) is 16.4. The maximum absolute atomic E-state index is 12.5. The summed E-state index contributed by atoms with van der Waals surface area (Å²) in [5.41, 5.74) is 0.411. The minimum atomic E-state index is -0.292. The molecule has 22 heavy (non-hydrogen) atoms. The van der Waals surface area contributed by atoms with Crippen molar-refractivity contribution >= 4 is 28.4 Å². The van der Waals surface area contributed by atoms with Crippen molar-refractivity contribution in [1.29, 1.82) is 0 Å². The maximum Gasteiger partial charge on any atom is 0.261 e. The predicted molar refractivity (Wildman–Crippen MR) is 88.1 cm³/mol. The highest BCUT2D eigenvalue weighted by atomic mass is 35.5. The third kappa shape index (κ3) is 2.99. The highest BCUT2D eigenvalue weighted by Crippen LogP contribution is 2.20. The fourth-order valence-corrected chi connectivity index (χ4v) is 2.58. The van der Waals surface area contributed by atoms with Crippen LogP contribution in [0.5, 0.6) is 0 Å². The van der Waals surface area contributed by atoms with Gasteiger partial charge in [-0.05, 0) is 31.5 Å². The Morgan fingerprint density at radius 2 is 2.14 bits per heavy atom. The lowest BCUT2D eigenvalue weighted by atomic mass is 10.2. The van der Waals surface area contributed by atoms with Crippen LogP contribution >= 0.6 is 11.6 Å². The number of hydrogen-bond donors (Lipinski definition) is 0. The molecule has 0 radical (unpaired) electrons. The fraction of sp³-hybridized carbons (Fsp3) is 0.438. The van der Waals surface area contributed by atoms with Crippen molar-refractivity contribution in [3.8, 4) is 0 Å². The molecular weight excluding hydrogens is 302 g/mol. The monoisotopic (exact) mass is 321 g/mol. The third-order valence-electron chi connectivity index (χ3n) is 3.89. The second-order valence-corrected chi connectivity index (χ2v) is 5.86. The van der Waals surface area contributed by atoms with Gasteiger partial charge in [-0.2, -0.15) is 0 Å². The normalized spacial score (nSPS) is 12.4. The van der Waals surface area contributed by atoms with Crippen LogP contribution in [0.25, 0.3) is 10.9 Å². The van der Waals surface area contributed by atoms with Crippen molar-refractivity contribution in [3.05, 3.63) is 39.4 Å². The number of hydrogen-bond acceptors (Lipinski definition) is 3. The van der Waals surface area contributed by atoms with Gasteiger partial charge >= 0.3 is 0 Å². The van der Waals surface area contributed by atoms with Crippen LogP contribution in [0.15, 0.2) is 23.0 Å². The Labute approximate surface area is 134 Å². The molecule has 0 saturated carbocycles. The number of amides is 1. The fourth-order valence-electron chi connectivity index (χ4n) is 2.41. The molecule has 1 aromatic heterocycles. The molecule has 1 aromatic carbocycles. The van der Waals surface area contributed by atoms with Crippen molar-refractivity contribution in [2.75, 3.05) is 7.05 Å². The average Bonchev–Trinajstić information content (AvgIpc) is 2.49. The van der Waals surface area contributed by atoms with E-state index in [-0.39, 0.29) is 17.5 Å². The molecule has 0 fully saturated rings. The molecule has 0 aliphatic carbocycles. The molecule has 1 atom stereocenters. The Kier molecular flexibility index (Phi) is 4.86. The standard InChI is InChI=1S/C16H20ClN3O2/c1-5-6-14(21)19(3)10(2)15-18-13-9-11(17)7-8-12(13)16(22)20(15)4/h7-10H,5-6H2,1-4H3. The number of aromatic nitrogens is 2. The summed E-state index contributed by atoms with van der Waals surface area (Å²) in [7, 11) is 3.41. The number of fused-ring (bicyclic) bond motifs is 1. The first-order valence-electron chi connectivity index (χ1n) is 7.28. The van der Waals surface area contributed by atoms with Gasteiger partial charge in [0.15, 0.2) is 0 Å². The molecule has 0 aliphatic heterocycles. The number of nitrogens with zero attached hydrogens (tertiary/aromatic N) is 3. The van der Waals surface area contributed by atoms with Gasteiger partial charge in [0, 0.05) is 25.5 Å². The van der Waals surface area contributed by atoms with Gasteiger partial charge in [0.25, 0.3) is 5.56 Å². The maximum atomic E-state index is 12.5. The minimum absolute atomic E-state index is 0.0374. The lowest BCUT2D eigenvalue weighted by molar-refractivity contribution is -0.132. The van der Waals surface area contributed by atoms with E-state index >= 15 is 0 Å². The van der Waals surface area contributed by atoms with E-state index in [1.165, 1.54) is 4.57 Å². The van der Waals surface area contributed by atoms with Gasteiger partial charge in [0.05, 0.1) is 16.9 Å². The van der Waals surface area contributed by atoms with Crippen LogP contribution in [-0.2, 0) is 11.8 Å². The zero-order valence-electron chi connectivity index (χ0n) is 13.3. The molecular formula is C16H20ClN3O2. The minimum Gasteiger partial charge on any atom is -0.336 e. The summed E-state index contributed by atoms with van der Waals surface area (Å²) >= 11 is 5.98. The second kappa shape index (κ2) is 6.48. The molecule has 0 bridgehead atoms. The van der Waals surface area contributed by atoms with E-state index in [4.69, 9.17) is 11.6 Å². The van der Waals surface area contributed by atoms with Crippen molar-refractivity contribution in [2.24, 2.45) is 7.05 Å². The summed E-state index contributed by atoms with van der Waals surface area (Å²) < 4.78 is 1.50. The zero-order valence-corrected chi connectivity index (χ0v) is 14.0. The van der Waals surface area contributed by atoms with Crippen molar-refractivity contribution in [1.82, 2.24) is 14.5 Å². The van der Waals surface area contributed by atoms with Gasteiger partial charge in [-0.15, -0.1) is 0 Å². The molecule has 0 spiro atoms. The molecule has 118 valence electrons. The number of carbonyl (C=O) groups is 1. The van der Waals surface area contributed by atoms with E-state index in [1.54, 1.807) is 37.2 Å². The number of carbonyl (C=O) groups excluding carboxylic acids is 1. The molecule has 0 aliphatic rings. The average molecular weight is 322 g/mol. The summed E-state index contributed by atoms with van der Waals surface area (Å²) in [6.07, 6.45) is 1.27. The molecule has 0 N–H and O–H groups in total. The van der Waals surface area contributed by atoms with Gasteiger partial charge in [-0.1, -0.05) is 18.5 Å². The van der Waals surface area contributed by atoms with E-state index in [0.717, 1.165) is 6.42 Å². The van der Waals surface area contributed by atoms with E-state index in [0.29, 0.717) is 28.2 Å². The first-order valence-corrected chi connectivity index (χ1v) is 7.66. The molecule has 5 nitrogen and oxygen atoms in total.